The summed E-state index contributed by atoms with van der Waals surface area (Å²) in [5.74, 6) is 0. The fourth-order valence-corrected chi connectivity index (χ4v) is 2.07. The van der Waals surface area contributed by atoms with Gasteiger partial charge in [-0.1, -0.05) is 0 Å². The van der Waals surface area contributed by atoms with Gasteiger partial charge in [-0.3, -0.25) is 5.03 Å². The summed E-state index contributed by atoms with van der Waals surface area (Å²) < 4.78 is 0. The number of nitrogens with zero attached hydrogens (tertiary/aromatic N) is 3. The van der Waals surface area contributed by atoms with Gasteiger partial charge in [-0.25, -0.2) is 0 Å². The second kappa shape index (κ2) is 2.22. The van der Waals surface area contributed by atoms with Gasteiger partial charge in [0.05, 0.1) is 16.8 Å². The molecule has 0 bridgehead atoms. The first kappa shape index (κ1) is 8.90. The Bertz CT molecular complexity index is 319. The van der Waals surface area contributed by atoms with Crippen molar-refractivity contribution in [2.45, 2.75) is 38.8 Å². The molecular formula is C8H13BN3O. The lowest BCUT2D eigenvalue weighted by Crippen LogP contribution is -2.49. The molecule has 1 radical (unpaired) electrons. The van der Waals surface area contributed by atoms with Gasteiger partial charge in [-0.15, -0.1) is 0 Å². The summed E-state index contributed by atoms with van der Waals surface area (Å²) in [6.07, 6.45) is 0. The van der Waals surface area contributed by atoms with E-state index in [1.54, 1.807) is 7.41 Å². The Morgan fingerprint density at radius 3 is 2.38 bits per heavy atom. The third-order valence-corrected chi connectivity index (χ3v) is 2.90. The number of hydrogen-bond donors (Lipinski definition) is 1. The minimum Gasteiger partial charge on any atom is -0.312 e. The normalized spacial score (nSPS) is 29.3. The van der Waals surface area contributed by atoms with Crippen LogP contribution < -0.4 is 0 Å². The van der Waals surface area contributed by atoms with Crippen LogP contribution in [0.3, 0.4) is 0 Å². The fourth-order valence-electron chi connectivity index (χ4n) is 2.07. The lowest BCUT2D eigenvalue weighted by molar-refractivity contribution is -0.186. The third-order valence-electron chi connectivity index (χ3n) is 2.90. The zero-order chi connectivity index (χ0) is 9.85. The predicted octanol–water partition coefficient (Wildman–Crippen LogP) is 1.54. The van der Waals surface area contributed by atoms with E-state index in [2.05, 4.69) is 10.1 Å². The molecule has 0 fully saturated rings. The van der Waals surface area contributed by atoms with E-state index in [0.717, 1.165) is 11.2 Å². The molecule has 0 saturated carbocycles. The molecular weight excluding hydrogens is 165 g/mol. The highest BCUT2D eigenvalue weighted by Crippen LogP contribution is 2.45. The molecule has 5 heteroatoms. The van der Waals surface area contributed by atoms with Crippen molar-refractivity contribution in [2.75, 3.05) is 0 Å². The second-order valence-corrected chi connectivity index (χ2v) is 4.54. The van der Waals surface area contributed by atoms with Crippen molar-refractivity contribution >= 4 is 7.41 Å². The van der Waals surface area contributed by atoms with Gasteiger partial charge in [0, 0.05) is 0 Å². The molecule has 0 aromatic rings. The molecule has 0 aromatic carbocycles. The quantitative estimate of drug-likeness (QED) is 0.572. The first-order valence-electron chi connectivity index (χ1n) is 4.37. The summed E-state index contributed by atoms with van der Waals surface area (Å²) in [5, 5.41) is 19.2. The largest absolute Gasteiger partial charge is 0.343 e. The van der Waals surface area contributed by atoms with Crippen LogP contribution in [0.15, 0.2) is 21.3 Å². The maximum absolute atomic E-state index is 9.96. The van der Waals surface area contributed by atoms with E-state index in [0.29, 0.717) is 0 Å². The Balaban J connectivity index is 2.54. The van der Waals surface area contributed by atoms with Crippen molar-refractivity contribution < 1.29 is 5.21 Å². The average molecular weight is 178 g/mol. The van der Waals surface area contributed by atoms with Gasteiger partial charge in [0.2, 0.25) is 0 Å². The van der Waals surface area contributed by atoms with Gasteiger partial charge in [0.25, 0.3) is 0 Å². The Morgan fingerprint density at radius 1 is 1.23 bits per heavy atom. The van der Waals surface area contributed by atoms with Crippen molar-refractivity contribution in [1.29, 1.82) is 0 Å². The first-order chi connectivity index (χ1) is 5.88. The standard InChI is InChI=1S/C8H13BN3O/c1-7(2)5-6(10-11-9-5)8(3,4)12(7)13/h13H,1-4H3. The Kier molecular flexibility index (Phi) is 1.52. The van der Waals surface area contributed by atoms with Crippen LogP contribution in [0.4, 0.5) is 0 Å². The van der Waals surface area contributed by atoms with Gasteiger partial charge in [0.15, 0.2) is 0 Å². The predicted molar refractivity (Wildman–Crippen MR) is 49.4 cm³/mol. The van der Waals surface area contributed by atoms with Crippen molar-refractivity contribution in [3.8, 4) is 0 Å². The van der Waals surface area contributed by atoms with E-state index in [4.69, 9.17) is 0 Å². The van der Waals surface area contributed by atoms with E-state index < -0.39 is 5.54 Å². The summed E-state index contributed by atoms with van der Waals surface area (Å²) in [7, 11) is 1.73. The van der Waals surface area contributed by atoms with Crippen LogP contribution in [0.5, 0.6) is 0 Å². The molecule has 0 unspecified atom stereocenters. The van der Waals surface area contributed by atoms with Crippen molar-refractivity contribution in [3.63, 3.8) is 0 Å². The van der Waals surface area contributed by atoms with Crippen molar-refractivity contribution in [1.82, 2.24) is 5.06 Å². The summed E-state index contributed by atoms with van der Waals surface area (Å²) in [5.41, 5.74) is 1.07. The molecule has 0 atom stereocenters. The molecule has 4 nitrogen and oxygen atoms in total. The maximum Gasteiger partial charge on any atom is 0.343 e. The lowest BCUT2D eigenvalue weighted by atomic mass is 9.73. The van der Waals surface area contributed by atoms with Crippen LogP contribution >= 0.6 is 0 Å². The number of rotatable bonds is 0. The molecule has 1 N–H and O–H groups in total. The fraction of sp³-hybridized carbons (Fsp3) is 0.750. The van der Waals surface area contributed by atoms with E-state index in [1.165, 1.54) is 5.06 Å². The Labute approximate surface area is 78.6 Å². The van der Waals surface area contributed by atoms with Crippen LogP contribution in [-0.2, 0) is 0 Å². The molecule has 0 aromatic heterocycles. The SMILES string of the molecule is CC1(C)C2=C(N=N[B]2)C(C)(C)N1O. The zero-order valence-electron chi connectivity index (χ0n) is 8.37. The van der Waals surface area contributed by atoms with Crippen LogP contribution in [-0.4, -0.2) is 28.8 Å². The van der Waals surface area contributed by atoms with Crippen LogP contribution in [0.2, 0.25) is 0 Å². The van der Waals surface area contributed by atoms with Gasteiger partial charge in [-0.2, -0.15) is 10.2 Å². The monoisotopic (exact) mass is 178 g/mol. The van der Waals surface area contributed by atoms with Gasteiger partial charge in [0.1, 0.15) is 0 Å². The summed E-state index contributed by atoms with van der Waals surface area (Å²) >= 11 is 0. The summed E-state index contributed by atoms with van der Waals surface area (Å²) in [4.78, 5) is 0. The molecule has 0 amide bonds. The molecule has 0 aliphatic carbocycles. The minimum atomic E-state index is -0.435. The van der Waals surface area contributed by atoms with Gasteiger partial charge < -0.3 is 5.21 Å². The van der Waals surface area contributed by atoms with Crippen LogP contribution in [0.1, 0.15) is 27.7 Å². The Hall–Kier alpha value is -0.675. The first-order valence-corrected chi connectivity index (χ1v) is 4.37. The number of hydroxylamine groups is 2. The maximum atomic E-state index is 9.96. The van der Waals surface area contributed by atoms with E-state index >= 15 is 0 Å². The molecule has 2 rings (SSSR count). The summed E-state index contributed by atoms with van der Waals surface area (Å²) in [6, 6.07) is 0. The smallest absolute Gasteiger partial charge is 0.312 e. The van der Waals surface area contributed by atoms with E-state index in [1.807, 2.05) is 27.7 Å². The van der Waals surface area contributed by atoms with Crippen LogP contribution in [0.25, 0.3) is 0 Å². The molecule has 13 heavy (non-hydrogen) atoms. The Morgan fingerprint density at radius 2 is 1.85 bits per heavy atom. The molecule has 0 saturated heterocycles. The topological polar surface area (TPSA) is 48.2 Å². The number of hydrogen-bond acceptors (Lipinski definition) is 4. The highest BCUT2D eigenvalue weighted by molar-refractivity contribution is 6.45. The zero-order valence-corrected chi connectivity index (χ0v) is 8.37. The lowest BCUT2D eigenvalue weighted by Gasteiger charge is -2.36. The van der Waals surface area contributed by atoms with Crippen LogP contribution in [0, 0.1) is 0 Å². The molecule has 2 heterocycles. The average Bonchev–Trinajstić information content (AvgIpc) is 2.54. The molecule has 69 valence electrons. The second-order valence-electron chi connectivity index (χ2n) is 4.54. The highest BCUT2D eigenvalue weighted by Gasteiger charge is 2.52. The van der Waals surface area contributed by atoms with Gasteiger partial charge in [-0.05, 0) is 33.2 Å². The molecule has 0 spiro atoms. The van der Waals surface area contributed by atoms with Gasteiger partial charge >= 0.3 is 7.41 Å². The van der Waals surface area contributed by atoms with E-state index in [-0.39, 0.29) is 5.54 Å². The van der Waals surface area contributed by atoms with Crippen molar-refractivity contribution in [2.24, 2.45) is 10.1 Å². The third kappa shape index (κ3) is 0.887. The molecule has 2 aliphatic rings. The van der Waals surface area contributed by atoms with E-state index in [9.17, 15) is 5.21 Å². The highest BCUT2D eigenvalue weighted by atomic mass is 16.5. The minimum absolute atomic E-state index is 0.387. The summed E-state index contributed by atoms with van der Waals surface area (Å²) in [6.45, 7) is 7.80. The van der Waals surface area contributed by atoms with Crippen molar-refractivity contribution in [3.05, 3.63) is 11.2 Å². The molecule has 2 aliphatic heterocycles.